The van der Waals surface area contributed by atoms with Crippen molar-refractivity contribution in [1.29, 1.82) is 0 Å². The molecule has 2 atom stereocenters. The fourth-order valence-electron chi connectivity index (χ4n) is 4.41. The number of hydrogen-bond donors (Lipinski definition) is 2. The molecule has 0 saturated carbocycles. The lowest BCUT2D eigenvalue weighted by Crippen LogP contribution is -2.43. The van der Waals surface area contributed by atoms with Gasteiger partial charge in [-0.3, -0.25) is 19.4 Å². The van der Waals surface area contributed by atoms with Crippen molar-refractivity contribution < 1.29 is 19.1 Å². The normalized spacial score (nSPS) is 16.2. The Morgan fingerprint density at radius 1 is 1.07 bits per heavy atom. The van der Waals surface area contributed by atoms with Crippen LogP contribution in [-0.2, 0) is 20.9 Å². The maximum atomic E-state index is 13.6. The highest BCUT2D eigenvalue weighted by molar-refractivity contribution is 8.15. The van der Waals surface area contributed by atoms with E-state index in [9.17, 15) is 14.4 Å². The number of para-hydroxylation sites is 1. The highest BCUT2D eigenvalue weighted by Crippen LogP contribution is 2.36. The third kappa shape index (κ3) is 6.44. The first-order valence-electron chi connectivity index (χ1n) is 13.1. The summed E-state index contributed by atoms with van der Waals surface area (Å²) in [7, 11) is 1.59. The molecular formula is C30H28ClN5O4S. The first-order chi connectivity index (χ1) is 19.9. The Morgan fingerprint density at radius 2 is 1.80 bits per heavy atom. The molecule has 2 aliphatic rings. The number of amides is 3. The van der Waals surface area contributed by atoms with Gasteiger partial charge in [-0.1, -0.05) is 54.6 Å². The van der Waals surface area contributed by atoms with E-state index in [-0.39, 0.29) is 24.1 Å². The summed E-state index contributed by atoms with van der Waals surface area (Å²) in [6, 6.07) is 20.7. The topological polar surface area (TPSA) is 112 Å². The smallest absolute Gasteiger partial charge is 0.259 e. The van der Waals surface area contributed by atoms with Crippen LogP contribution in [0.25, 0.3) is 0 Å². The molecule has 0 aliphatic carbocycles. The van der Waals surface area contributed by atoms with E-state index in [2.05, 4.69) is 15.6 Å². The van der Waals surface area contributed by atoms with Crippen molar-refractivity contribution in [2.45, 2.75) is 37.6 Å². The Balaban J connectivity index is 1.31. The summed E-state index contributed by atoms with van der Waals surface area (Å²) in [6.45, 7) is 2.21. The second-order valence-corrected chi connectivity index (χ2v) is 11.0. The molecule has 11 heteroatoms. The van der Waals surface area contributed by atoms with E-state index in [1.807, 2.05) is 55.5 Å². The van der Waals surface area contributed by atoms with E-state index < -0.39 is 11.3 Å². The van der Waals surface area contributed by atoms with Crippen molar-refractivity contribution in [3.8, 4) is 5.75 Å². The summed E-state index contributed by atoms with van der Waals surface area (Å²) in [4.78, 5) is 50.4. The predicted molar refractivity (Wildman–Crippen MR) is 162 cm³/mol. The van der Waals surface area contributed by atoms with Crippen LogP contribution < -0.4 is 15.4 Å². The maximum absolute atomic E-state index is 13.6. The molecule has 41 heavy (non-hydrogen) atoms. The molecule has 0 fully saturated rings. The van der Waals surface area contributed by atoms with Gasteiger partial charge in [0.05, 0.1) is 24.5 Å². The number of nitrogens with one attached hydrogen (secondary N) is 2. The van der Waals surface area contributed by atoms with Crippen molar-refractivity contribution in [2.24, 2.45) is 9.98 Å². The average Bonchev–Trinajstić information content (AvgIpc) is 3.32. The van der Waals surface area contributed by atoms with Crippen molar-refractivity contribution >= 4 is 63.5 Å². The molecule has 2 N–H and O–H groups in total. The number of benzene rings is 3. The van der Waals surface area contributed by atoms with E-state index in [0.29, 0.717) is 45.9 Å². The number of nitrogens with zero attached hydrogens (tertiary/aromatic N) is 3. The number of halogens is 1. The molecule has 0 unspecified atom stereocenters. The lowest BCUT2D eigenvalue weighted by molar-refractivity contribution is -0.128. The van der Waals surface area contributed by atoms with Crippen LogP contribution in [-0.4, -0.2) is 52.0 Å². The van der Waals surface area contributed by atoms with Gasteiger partial charge in [0.1, 0.15) is 17.6 Å². The van der Waals surface area contributed by atoms with Gasteiger partial charge in [0.15, 0.2) is 5.17 Å². The number of hydrogen-bond acceptors (Lipinski definition) is 7. The quantitative estimate of drug-likeness (QED) is 0.358. The highest BCUT2D eigenvalue weighted by Gasteiger charge is 2.43. The Hall–Kier alpha value is -4.15. The zero-order valence-corrected chi connectivity index (χ0v) is 24.0. The first-order valence-corrected chi connectivity index (χ1v) is 14.3. The summed E-state index contributed by atoms with van der Waals surface area (Å²) >= 11 is 7.16. The van der Waals surface area contributed by atoms with Gasteiger partial charge in [0.25, 0.3) is 5.91 Å². The maximum Gasteiger partial charge on any atom is 0.259 e. The lowest BCUT2D eigenvalue weighted by Gasteiger charge is -2.27. The largest absolute Gasteiger partial charge is 0.497 e. The minimum atomic E-state index is -0.902. The van der Waals surface area contributed by atoms with Gasteiger partial charge in [-0.25, -0.2) is 9.89 Å². The van der Waals surface area contributed by atoms with Crippen LogP contribution in [0.15, 0.2) is 82.8 Å². The zero-order valence-electron chi connectivity index (χ0n) is 22.5. The zero-order chi connectivity index (χ0) is 28.9. The molecule has 9 nitrogen and oxygen atoms in total. The summed E-state index contributed by atoms with van der Waals surface area (Å²) in [5, 5.41) is 6.16. The minimum Gasteiger partial charge on any atom is -0.497 e. The van der Waals surface area contributed by atoms with Crippen LogP contribution in [0.4, 0.5) is 11.4 Å². The number of ether oxygens (including phenoxy) is 1. The number of anilines is 1. The number of amidine groups is 2. The number of fused-ring (bicyclic) bond motifs is 3. The second-order valence-electron chi connectivity index (χ2n) is 9.39. The van der Waals surface area contributed by atoms with E-state index in [4.69, 9.17) is 21.3 Å². The van der Waals surface area contributed by atoms with Crippen LogP contribution in [0.2, 0.25) is 5.02 Å². The molecule has 5 rings (SSSR count). The molecule has 0 bridgehead atoms. The number of methoxy groups -OCH3 is 1. The number of rotatable bonds is 9. The van der Waals surface area contributed by atoms with E-state index in [1.165, 1.54) is 16.7 Å². The average molecular weight is 590 g/mol. The number of aliphatic imine (C=N–C) groups is 2. The van der Waals surface area contributed by atoms with Crippen LogP contribution in [0.1, 0.15) is 30.9 Å². The lowest BCUT2D eigenvalue weighted by atomic mass is 10.1. The predicted octanol–water partition coefficient (Wildman–Crippen LogP) is 5.16. The van der Waals surface area contributed by atoms with Crippen molar-refractivity contribution in [1.82, 2.24) is 10.2 Å². The van der Waals surface area contributed by atoms with Gasteiger partial charge in [-0.15, -0.1) is 0 Å². The third-order valence-corrected chi connectivity index (χ3v) is 8.17. The van der Waals surface area contributed by atoms with Gasteiger partial charge in [-0.05, 0) is 60.5 Å². The molecule has 2 aliphatic heterocycles. The summed E-state index contributed by atoms with van der Waals surface area (Å²) in [6.07, 6.45) is 0.389. The Morgan fingerprint density at radius 3 is 2.51 bits per heavy atom. The Bertz CT molecular complexity index is 1520. The molecule has 0 aromatic heterocycles. The van der Waals surface area contributed by atoms with Crippen LogP contribution in [0.3, 0.4) is 0 Å². The van der Waals surface area contributed by atoms with Gasteiger partial charge >= 0.3 is 0 Å². The molecule has 0 spiro atoms. The van der Waals surface area contributed by atoms with E-state index >= 15 is 0 Å². The molecule has 0 radical (unpaired) electrons. The monoisotopic (exact) mass is 589 g/mol. The fraction of sp³-hybridized carbons (Fsp3) is 0.233. The SMILES string of the molecule is CC[C@H](SC1=Nc2ccccc2C2=N[C@@H](CC(=O)NCc3ccc(OC)cc3)C(=O)N12)C(=O)Nc1ccc(Cl)cc1. The molecule has 3 aromatic rings. The standard InChI is InChI=1S/C30H28ClN5O4S/c1-3-25(28(38)33-20-12-10-19(31)11-13-20)41-30-35-23-7-5-4-6-22(23)27-34-24(29(39)36(27)30)16-26(37)32-17-18-8-14-21(40-2)15-9-18/h4-15,24-25H,3,16-17H2,1-2H3,(H,32,37)(H,33,38)/t24-,25-/m0/s1. The van der Waals surface area contributed by atoms with Crippen molar-refractivity contribution in [3.63, 3.8) is 0 Å². The van der Waals surface area contributed by atoms with Crippen molar-refractivity contribution in [3.05, 3.63) is 88.9 Å². The number of carbonyl (C=O) groups excluding carboxylic acids is 3. The number of thioether (sulfide) groups is 1. The Kier molecular flexibility index (Phi) is 8.70. The molecule has 3 amide bonds. The van der Waals surface area contributed by atoms with Crippen LogP contribution in [0.5, 0.6) is 5.75 Å². The van der Waals surface area contributed by atoms with Crippen LogP contribution in [0, 0.1) is 0 Å². The van der Waals surface area contributed by atoms with Gasteiger partial charge in [0.2, 0.25) is 11.8 Å². The van der Waals surface area contributed by atoms with E-state index in [1.54, 1.807) is 31.4 Å². The van der Waals surface area contributed by atoms with Gasteiger partial charge in [0, 0.05) is 22.8 Å². The molecular weight excluding hydrogens is 562 g/mol. The van der Waals surface area contributed by atoms with Crippen LogP contribution >= 0.6 is 23.4 Å². The summed E-state index contributed by atoms with van der Waals surface area (Å²) in [5.74, 6) is 0.294. The molecule has 0 saturated heterocycles. The second kappa shape index (κ2) is 12.6. The van der Waals surface area contributed by atoms with E-state index in [0.717, 1.165) is 11.3 Å². The highest BCUT2D eigenvalue weighted by atomic mass is 35.5. The summed E-state index contributed by atoms with van der Waals surface area (Å²) < 4.78 is 5.17. The summed E-state index contributed by atoms with van der Waals surface area (Å²) in [5.41, 5.74) is 2.87. The van der Waals surface area contributed by atoms with Crippen molar-refractivity contribution in [2.75, 3.05) is 12.4 Å². The Labute approximate surface area is 247 Å². The number of carbonyl (C=O) groups is 3. The van der Waals surface area contributed by atoms with Gasteiger partial charge < -0.3 is 15.4 Å². The minimum absolute atomic E-state index is 0.108. The third-order valence-electron chi connectivity index (χ3n) is 6.60. The molecule has 210 valence electrons. The molecule has 2 heterocycles. The fourth-order valence-corrected chi connectivity index (χ4v) is 5.56. The molecule has 3 aromatic carbocycles. The van der Waals surface area contributed by atoms with Gasteiger partial charge in [-0.2, -0.15) is 0 Å². The first kappa shape index (κ1) is 28.4.